The number of nitrogens with one attached hydrogen (secondary N) is 1. The topological polar surface area (TPSA) is 29.1 Å². The average molecular weight is 428 g/mol. The van der Waals surface area contributed by atoms with Gasteiger partial charge in [0.05, 0.1) is 0 Å². The van der Waals surface area contributed by atoms with Gasteiger partial charge in [-0.1, -0.05) is 99.0 Å². The zero-order valence-corrected chi connectivity index (χ0v) is 19.7. The Kier molecular flexibility index (Phi) is 6.98. The normalized spacial score (nSPS) is 24.4. The van der Waals surface area contributed by atoms with E-state index in [1.807, 2.05) is 0 Å². The number of rotatable bonds is 9. The lowest BCUT2D eigenvalue weighted by Gasteiger charge is -2.37. The predicted octanol–water partition coefficient (Wildman–Crippen LogP) is 7.43. The highest BCUT2D eigenvalue weighted by Gasteiger charge is 2.57. The Morgan fingerprint density at radius 3 is 2.38 bits per heavy atom. The number of hydrogen-bond acceptors (Lipinski definition) is 1. The molecule has 1 saturated carbocycles. The summed E-state index contributed by atoms with van der Waals surface area (Å²) in [5.74, 6) is 0.448. The number of allylic oxidation sites excluding steroid dienone is 3. The van der Waals surface area contributed by atoms with Crippen LogP contribution in [0.1, 0.15) is 76.3 Å². The Morgan fingerprint density at radius 2 is 1.72 bits per heavy atom. The Bertz CT molecular complexity index is 974. The third kappa shape index (κ3) is 4.20. The van der Waals surface area contributed by atoms with Crippen LogP contribution in [-0.4, -0.2) is 11.9 Å². The van der Waals surface area contributed by atoms with Crippen molar-refractivity contribution in [3.05, 3.63) is 83.9 Å². The first-order valence-corrected chi connectivity index (χ1v) is 12.4. The van der Waals surface area contributed by atoms with Gasteiger partial charge in [0, 0.05) is 18.4 Å². The van der Waals surface area contributed by atoms with Crippen LogP contribution in [0, 0.1) is 11.3 Å². The molecule has 0 spiro atoms. The molecule has 2 aliphatic rings. The van der Waals surface area contributed by atoms with Crippen molar-refractivity contribution in [1.82, 2.24) is 5.32 Å². The van der Waals surface area contributed by atoms with E-state index in [0.717, 1.165) is 25.7 Å². The van der Waals surface area contributed by atoms with Crippen molar-refractivity contribution in [3.63, 3.8) is 0 Å². The number of hydrogen-bond donors (Lipinski definition) is 1. The van der Waals surface area contributed by atoms with Crippen molar-refractivity contribution in [3.8, 4) is 0 Å². The maximum absolute atomic E-state index is 12.1. The van der Waals surface area contributed by atoms with E-state index in [1.165, 1.54) is 48.0 Å². The number of amides is 1. The number of fused-ring (bicyclic) bond motifs is 1. The second-order valence-electron chi connectivity index (χ2n) is 9.63. The molecule has 0 bridgehead atoms. The molecule has 32 heavy (non-hydrogen) atoms. The van der Waals surface area contributed by atoms with E-state index < -0.39 is 0 Å². The molecule has 0 heterocycles. The SMILES string of the molecule is C=C(c1ccccc1)[C@@]12CC[C@H](NC(C)=O)[C@@H]1CC(CCCCCC)=C2c1ccccc1. The van der Waals surface area contributed by atoms with E-state index in [4.69, 9.17) is 6.58 Å². The summed E-state index contributed by atoms with van der Waals surface area (Å²) in [5, 5.41) is 3.31. The highest BCUT2D eigenvalue weighted by atomic mass is 16.1. The van der Waals surface area contributed by atoms with E-state index >= 15 is 0 Å². The smallest absolute Gasteiger partial charge is 0.217 e. The highest BCUT2D eigenvalue weighted by Crippen LogP contribution is 2.66. The molecule has 2 nitrogen and oxygen atoms in total. The quantitative estimate of drug-likeness (QED) is 0.414. The molecule has 1 N–H and O–H groups in total. The summed E-state index contributed by atoms with van der Waals surface area (Å²) in [6, 6.07) is 21.9. The van der Waals surface area contributed by atoms with E-state index in [2.05, 4.69) is 72.9 Å². The van der Waals surface area contributed by atoms with Gasteiger partial charge in [-0.25, -0.2) is 0 Å². The summed E-state index contributed by atoms with van der Waals surface area (Å²) in [5.41, 5.74) is 6.75. The molecule has 0 aliphatic heterocycles. The van der Waals surface area contributed by atoms with Gasteiger partial charge in [-0.3, -0.25) is 4.79 Å². The fourth-order valence-corrected chi connectivity index (χ4v) is 6.34. The molecule has 4 rings (SSSR count). The third-order valence-corrected chi connectivity index (χ3v) is 7.68. The minimum atomic E-state index is -0.115. The fraction of sp³-hybridized carbons (Fsp3) is 0.433. The third-order valence-electron chi connectivity index (χ3n) is 7.68. The number of carbonyl (C=O) groups excluding carboxylic acids is 1. The molecule has 1 amide bonds. The van der Waals surface area contributed by atoms with Crippen molar-refractivity contribution in [1.29, 1.82) is 0 Å². The molecule has 0 unspecified atom stereocenters. The van der Waals surface area contributed by atoms with E-state index in [9.17, 15) is 4.79 Å². The van der Waals surface area contributed by atoms with Crippen LogP contribution in [0.3, 0.4) is 0 Å². The highest BCUT2D eigenvalue weighted by molar-refractivity contribution is 5.90. The predicted molar refractivity (Wildman–Crippen MR) is 135 cm³/mol. The molecule has 168 valence electrons. The second kappa shape index (κ2) is 9.90. The zero-order chi connectivity index (χ0) is 22.6. The summed E-state index contributed by atoms with van der Waals surface area (Å²) < 4.78 is 0. The maximum Gasteiger partial charge on any atom is 0.217 e. The minimum Gasteiger partial charge on any atom is -0.353 e. The van der Waals surface area contributed by atoms with Gasteiger partial charge < -0.3 is 5.32 Å². The summed E-state index contributed by atoms with van der Waals surface area (Å²) in [7, 11) is 0. The summed E-state index contributed by atoms with van der Waals surface area (Å²) >= 11 is 0. The Hall–Kier alpha value is -2.61. The first-order chi connectivity index (χ1) is 15.6. The summed E-state index contributed by atoms with van der Waals surface area (Å²) in [4.78, 5) is 12.1. The van der Waals surface area contributed by atoms with Gasteiger partial charge >= 0.3 is 0 Å². The average Bonchev–Trinajstić information content (AvgIpc) is 3.32. The lowest BCUT2D eigenvalue weighted by Crippen LogP contribution is -2.39. The van der Waals surface area contributed by atoms with Crippen LogP contribution in [0.2, 0.25) is 0 Å². The van der Waals surface area contributed by atoms with Crippen LogP contribution in [0.4, 0.5) is 0 Å². The van der Waals surface area contributed by atoms with Crippen LogP contribution in [0.5, 0.6) is 0 Å². The summed E-state index contributed by atoms with van der Waals surface area (Å²) in [6.45, 7) is 8.65. The van der Waals surface area contributed by atoms with Crippen LogP contribution < -0.4 is 5.32 Å². The molecular formula is C30H37NO. The molecule has 2 heteroatoms. The van der Waals surface area contributed by atoms with Crippen molar-refractivity contribution >= 4 is 17.1 Å². The largest absolute Gasteiger partial charge is 0.353 e. The summed E-state index contributed by atoms with van der Waals surface area (Å²) in [6.07, 6.45) is 9.35. The van der Waals surface area contributed by atoms with Crippen molar-refractivity contribution in [2.24, 2.45) is 11.3 Å². The van der Waals surface area contributed by atoms with Crippen LogP contribution in [-0.2, 0) is 4.79 Å². The minimum absolute atomic E-state index is 0.0776. The van der Waals surface area contributed by atoms with E-state index in [-0.39, 0.29) is 17.4 Å². The molecule has 0 radical (unpaired) electrons. The molecule has 0 saturated heterocycles. The van der Waals surface area contributed by atoms with Gasteiger partial charge in [0.25, 0.3) is 0 Å². The van der Waals surface area contributed by atoms with Gasteiger partial charge in [-0.2, -0.15) is 0 Å². The van der Waals surface area contributed by atoms with Gasteiger partial charge in [0.2, 0.25) is 5.91 Å². The van der Waals surface area contributed by atoms with Crippen molar-refractivity contribution in [2.45, 2.75) is 71.3 Å². The lowest BCUT2D eigenvalue weighted by atomic mass is 9.66. The Balaban J connectivity index is 1.81. The Labute approximate surface area is 193 Å². The monoisotopic (exact) mass is 427 g/mol. The number of benzene rings is 2. The molecule has 0 aromatic heterocycles. The second-order valence-corrected chi connectivity index (χ2v) is 9.63. The first-order valence-electron chi connectivity index (χ1n) is 12.4. The van der Waals surface area contributed by atoms with Crippen molar-refractivity contribution < 1.29 is 4.79 Å². The Morgan fingerprint density at radius 1 is 1.03 bits per heavy atom. The van der Waals surface area contributed by atoms with Gasteiger partial charge in [-0.05, 0) is 60.3 Å². The first kappa shape index (κ1) is 22.6. The molecule has 2 aliphatic carbocycles. The van der Waals surface area contributed by atoms with Gasteiger partial charge in [0.1, 0.15) is 0 Å². The molecular weight excluding hydrogens is 390 g/mol. The van der Waals surface area contributed by atoms with Crippen LogP contribution in [0.25, 0.3) is 11.1 Å². The van der Waals surface area contributed by atoms with E-state index in [1.54, 1.807) is 12.5 Å². The van der Waals surface area contributed by atoms with E-state index in [0.29, 0.717) is 5.92 Å². The van der Waals surface area contributed by atoms with Gasteiger partial charge in [0.15, 0.2) is 0 Å². The maximum atomic E-state index is 12.1. The molecule has 3 atom stereocenters. The van der Waals surface area contributed by atoms with Crippen LogP contribution >= 0.6 is 0 Å². The zero-order valence-electron chi connectivity index (χ0n) is 19.7. The fourth-order valence-electron chi connectivity index (χ4n) is 6.34. The standard InChI is InChI=1S/C30H37NO/c1-4-5-6-9-18-26-21-27-28(31-23(3)32)19-20-30(27,22(2)24-14-10-7-11-15-24)29(26)25-16-12-8-13-17-25/h7-8,10-17,27-28H,2,4-6,9,18-21H2,1,3H3,(H,31,32)/t27-,28-,30-/m0/s1. The van der Waals surface area contributed by atoms with Gasteiger partial charge in [-0.15, -0.1) is 0 Å². The van der Waals surface area contributed by atoms with Crippen LogP contribution in [0.15, 0.2) is 72.8 Å². The van der Waals surface area contributed by atoms with Crippen molar-refractivity contribution in [2.75, 3.05) is 0 Å². The molecule has 1 fully saturated rings. The number of unbranched alkanes of at least 4 members (excludes halogenated alkanes) is 3. The molecule has 2 aromatic carbocycles. The lowest BCUT2D eigenvalue weighted by molar-refractivity contribution is -0.119. The molecule has 2 aromatic rings. The number of carbonyl (C=O) groups is 1.